The first-order valence-electron chi connectivity index (χ1n) is 15.2. The van der Waals surface area contributed by atoms with Gasteiger partial charge in [0.1, 0.15) is 0 Å². The number of nitro groups is 1. The summed E-state index contributed by atoms with van der Waals surface area (Å²) in [6, 6.07) is 56.7. The average Bonchev–Trinajstić information content (AvgIpc) is 3.15. The number of hydrogen-bond donors (Lipinski definition) is 0. The zero-order valence-electron chi connectivity index (χ0n) is 25.3. The second-order valence-corrected chi connectivity index (χ2v) is 15.8. The number of fused-ring (bicyclic) bond motifs is 1. The Morgan fingerprint density at radius 3 is 1.62 bits per heavy atom. The number of hydrogen-bond acceptors (Lipinski definition) is 4. The SMILES string of the molecule is O=C(c1ccc([N+](=O)[O-])cc1)N(c1ccccn1)P(c1ccccc1)(c1ccccc1)(c1ccccc1)c1cccc2ccccc12. The molecule has 6 aromatic carbocycles. The summed E-state index contributed by atoms with van der Waals surface area (Å²) < 4.78 is 1.91. The van der Waals surface area contributed by atoms with Crippen molar-refractivity contribution >= 4 is 56.2 Å². The Labute approximate surface area is 272 Å². The van der Waals surface area contributed by atoms with Crippen LogP contribution < -0.4 is 25.9 Å². The zero-order chi connectivity index (χ0) is 32.3. The maximum atomic E-state index is 15.7. The van der Waals surface area contributed by atoms with Crippen molar-refractivity contribution in [2.75, 3.05) is 4.67 Å². The van der Waals surface area contributed by atoms with Gasteiger partial charge >= 0.3 is 273 Å². The van der Waals surface area contributed by atoms with E-state index in [1.165, 1.54) is 24.3 Å². The molecule has 7 aromatic rings. The van der Waals surface area contributed by atoms with E-state index in [1.807, 2.05) is 89.6 Å². The van der Waals surface area contributed by atoms with Crippen LogP contribution in [0.15, 0.2) is 182 Å². The van der Waals surface area contributed by atoms with Crippen molar-refractivity contribution < 1.29 is 9.72 Å². The Bertz CT molecular complexity index is 2090. The number of anilines is 1. The summed E-state index contributed by atoms with van der Waals surface area (Å²) in [5.41, 5.74) is 0.213. The second-order valence-electron chi connectivity index (χ2n) is 11.2. The van der Waals surface area contributed by atoms with Crippen molar-refractivity contribution in [3.8, 4) is 0 Å². The molecule has 0 saturated carbocycles. The maximum absolute atomic E-state index is 15.7. The van der Waals surface area contributed by atoms with Crippen molar-refractivity contribution in [1.29, 1.82) is 0 Å². The quantitative estimate of drug-likeness (QED) is 0.0986. The molecule has 6 nitrogen and oxygen atoms in total. The third-order valence-corrected chi connectivity index (χ3v) is 15.2. The molecular formula is C40H30N3O3P. The number of rotatable bonds is 8. The third kappa shape index (κ3) is 4.53. The molecule has 0 aliphatic carbocycles. The Morgan fingerprint density at radius 2 is 1.09 bits per heavy atom. The number of aromatic nitrogens is 1. The molecule has 0 bridgehead atoms. The standard InChI is InChI=1S/C40H30N3O3P/c44-40(32-26-28-33(29-27-32)43(45)46)42(39-25-12-13-30-41-39)47(34-17-4-1-5-18-34,35-19-6-2-7-20-35,36-21-8-3-9-22-36)38-24-14-16-31-15-10-11-23-37(31)38/h1-30H. The van der Waals surface area contributed by atoms with Gasteiger partial charge in [0, 0.05) is 0 Å². The molecule has 47 heavy (non-hydrogen) atoms. The van der Waals surface area contributed by atoms with Gasteiger partial charge in [0.15, 0.2) is 0 Å². The molecule has 0 spiro atoms. The van der Waals surface area contributed by atoms with Gasteiger partial charge in [0.05, 0.1) is 0 Å². The van der Waals surface area contributed by atoms with E-state index < -0.39 is 11.7 Å². The first-order valence-corrected chi connectivity index (χ1v) is 17.4. The van der Waals surface area contributed by atoms with E-state index in [0.29, 0.717) is 11.4 Å². The van der Waals surface area contributed by atoms with Gasteiger partial charge in [-0.25, -0.2) is 0 Å². The van der Waals surface area contributed by atoms with Gasteiger partial charge < -0.3 is 0 Å². The predicted molar refractivity (Wildman–Crippen MR) is 193 cm³/mol. The van der Waals surface area contributed by atoms with Crippen LogP contribution in [-0.2, 0) is 0 Å². The molecule has 1 amide bonds. The van der Waals surface area contributed by atoms with E-state index in [0.717, 1.165) is 32.0 Å². The number of nitro benzene ring substituents is 1. The Kier molecular flexibility index (Phi) is 7.64. The van der Waals surface area contributed by atoms with Crippen LogP contribution in [0, 0.1) is 10.1 Å². The minimum absolute atomic E-state index is 0.0911. The number of amides is 1. The first-order chi connectivity index (χ1) is 23.1. The van der Waals surface area contributed by atoms with E-state index in [9.17, 15) is 10.1 Å². The van der Waals surface area contributed by atoms with Crippen molar-refractivity contribution in [1.82, 2.24) is 4.98 Å². The van der Waals surface area contributed by atoms with Crippen molar-refractivity contribution in [3.63, 3.8) is 0 Å². The normalized spacial score (nSPS) is 12.1. The summed E-state index contributed by atoms with van der Waals surface area (Å²) in [7, 11) is 0. The van der Waals surface area contributed by atoms with E-state index in [-0.39, 0.29) is 11.6 Å². The van der Waals surface area contributed by atoms with Crippen LogP contribution in [0.2, 0.25) is 0 Å². The molecule has 1 aromatic heterocycles. The second kappa shape index (κ2) is 12.1. The van der Waals surface area contributed by atoms with E-state index in [2.05, 4.69) is 66.7 Å². The number of carbonyl (C=O) groups excluding carboxylic acids is 1. The topological polar surface area (TPSA) is 76.3 Å². The van der Waals surface area contributed by atoms with Crippen LogP contribution in [0.5, 0.6) is 0 Å². The fraction of sp³-hybridized carbons (Fsp3) is 0. The fourth-order valence-corrected chi connectivity index (χ4v) is 13.8. The number of carbonyl (C=O) groups is 1. The van der Waals surface area contributed by atoms with Crippen LogP contribution in [0.25, 0.3) is 10.8 Å². The fourth-order valence-electron chi connectivity index (χ4n) is 6.88. The summed E-state index contributed by atoms with van der Waals surface area (Å²) >= 11 is 0. The average molecular weight is 632 g/mol. The summed E-state index contributed by atoms with van der Waals surface area (Å²) in [6.45, 7) is -4.44. The van der Waals surface area contributed by atoms with Gasteiger partial charge in [-0.3, -0.25) is 0 Å². The minimum atomic E-state index is -4.44. The number of non-ortho nitro benzene ring substituents is 1. The van der Waals surface area contributed by atoms with Crippen LogP contribution in [0.3, 0.4) is 0 Å². The van der Waals surface area contributed by atoms with Crippen LogP contribution in [0.4, 0.5) is 11.5 Å². The van der Waals surface area contributed by atoms with Gasteiger partial charge in [-0.05, 0) is 0 Å². The van der Waals surface area contributed by atoms with E-state index in [4.69, 9.17) is 4.98 Å². The monoisotopic (exact) mass is 631 g/mol. The third-order valence-electron chi connectivity index (χ3n) is 8.80. The molecule has 7 heteroatoms. The van der Waals surface area contributed by atoms with Gasteiger partial charge in [-0.2, -0.15) is 0 Å². The Morgan fingerprint density at radius 1 is 0.574 bits per heavy atom. The van der Waals surface area contributed by atoms with Gasteiger partial charge in [0.2, 0.25) is 0 Å². The molecule has 228 valence electrons. The Hall–Kier alpha value is -5.97. The zero-order valence-corrected chi connectivity index (χ0v) is 26.2. The molecule has 0 unspecified atom stereocenters. The van der Waals surface area contributed by atoms with Gasteiger partial charge in [-0.15, -0.1) is 0 Å². The molecule has 0 atom stereocenters. The molecule has 1 heterocycles. The molecular weight excluding hydrogens is 601 g/mol. The number of nitrogens with zero attached hydrogens (tertiary/aromatic N) is 3. The summed E-state index contributed by atoms with van der Waals surface area (Å²) in [5, 5.41) is 17.4. The molecule has 0 radical (unpaired) electrons. The van der Waals surface area contributed by atoms with Crippen LogP contribution >= 0.6 is 6.75 Å². The Balaban J connectivity index is 1.79. The predicted octanol–water partition coefficient (Wildman–Crippen LogP) is 7.56. The molecule has 0 fully saturated rings. The summed E-state index contributed by atoms with van der Waals surface area (Å²) in [6.07, 6.45) is 1.70. The number of benzene rings is 6. The molecule has 0 saturated heterocycles. The molecule has 0 N–H and O–H groups in total. The molecule has 7 rings (SSSR count). The van der Waals surface area contributed by atoms with E-state index >= 15 is 4.79 Å². The summed E-state index contributed by atoms with van der Waals surface area (Å²) in [4.78, 5) is 31.7. The molecule has 0 aliphatic heterocycles. The van der Waals surface area contributed by atoms with Crippen LogP contribution in [-0.4, -0.2) is 15.8 Å². The first kappa shape index (κ1) is 29.7. The number of pyridine rings is 1. The van der Waals surface area contributed by atoms with Gasteiger partial charge in [0.25, 0.3) is 0 Å². The van der Waals surface area contributed by atoms with Crippen molar-refractivity contribution in [2.45, 2.75) is 0 Å². The van der Waals surface area contributed by atoms with Crippen LogP contribution in [0.1, 0.15) is 10.4 Å². The van der Waals surface area contributed by atoms with Crippen molar-refractivity contribution in [2.24, 2.45) is 0 Å². The van der Waals surface area contributed by atoms with E-state index in [1.54, 1.807) is 6.20 Å². The van der Waals surface area contributed by atoms with Gasteiger partial charge in [-0.1, -0.05) is 0 Å². The molecule has 0 aliphatic rings. The van der Waals surface area contributed by atoms with Crippen molar-refractivity contribution in [3.05, 3.63) is 198 Å². The summed E-state index contributed by atoms with van der Waals surface area (Å²) in [5.74, 6) is 0.124.